The number of thioether (sulfide) groups is 1. The number of thiazole rings is 1. The van der Waals surface area contributed by atoms with Crippen LogP contribution in [0.1, 0.15) is 0 Å². The third kappa shape index (κ3) is 3.23. The van der Waals surface area contributed by atoms with E-state index in [2.05, 4.69) is 15.0 Å². The Kier molecular flexibility index (Phi) is 3.72. The first-order valence-corrected chi connectivity index (χ1v) is 5.26. The Morgan fingerprint density at radius 2 is 2.21 bits per heavy atom. The molecule has 76 valence electrons. The first-order chi connectivity index (χ1) is 6.61. The molecule has 0 aliphatic heterocycles. The Morgan fingerprint density at radius 3 is 2.79 bits per heavy atom. The van der Waals surface area contributed by atoms with Crippen LogP contribution in [-0.4, -0.2) is 23.2 Å². The predicted molar refractivity (Wildman–Crippen MR) is 61.0 cm³/mol. The van der Waals surface area contributed by atoms with E-state index in [1.807, 2.05) is 5.38 Å². The fourth-order valence-corrected chi connectivity index (χ4v) is 2.01. The molecule has 0 radical (unpaired) electrons. The molecule has 0 atom stereocenters. The van der Waals surface area contributed by atoms with Crippen molar-refractivity contribution in [1.29, 1.82) is 0 Å². The molecule has 14 heavy (non-hydrogen) atoms. The third-order valence-corrected chi connectivity index (χ3v) is 2.82. The molecule has 0 saturated heterocycles. The molecule has 0 unspecified atom stereocenters. The molecule has 0 bridgehead atoms. The van der Waals surface area contributed by atoms with Crippen LogP contribution in [0.3, 0.4) is 0 Å². The lowest BCUT2D eigenvalue weighted by Crippen LogP contribution is -2.21. The van der Waals surface area contributed by atoms with E-state index in [0.29, 0.717) is 10.3 Å². The van der Waals surface area contributed by atoms with Crippen LogP contribution in [0.25, 0.3) is 0 Å². The number of rotatable bonds is 2. The highest BCUT2D eigenvalue weighted by molar-refractivity contribution is 8.13. The minimum Gasteiger partial charge on any atom is -0.378 e. The lowest BCUT2D eigenvalue weighted by molar-refractivity contribution is 1.19. The Labute approximate surface area is 89.3 Å². The molecule has 1 heterocycles. The number of aliphatic imine (C=N–C) groups is 2. The summed E-state index contributed by atoms with van der Waals surface area (Å²) in [5.74, 6) is -0.00645. The van der Waals surface area contributed by atoms with Crippen LogP contribution in [0.2, 0.25) is 0 Å². The van der Waals surface area contributed by atoms with E-state index < -0.39 is 0 Å². The number of nitrogens with zero attached hydrogens (tertiary/aromatic N) is 3. The average molecular weight is 230 g/mol. The summed E-state index contributed by atoms with van der Waals surface area (Å²) in [6.45, 7) is 0. The van der Waals surface area contributed by atoms with Gasteiger partial charge in [0.15, 0.2) is 11.1 Å². The first-order valence-electron chi connectivity index (χ1n) is 3.57. The van der Waals surface area contributed by atoms with Gasteiger partial charge in [-0.1, -0.05) is 0 Å². The summed E-state index contributed by atoms with van der Waals surface area (Å²) < 4.78 is 0. The van der Waals surface area contributed by atoms with Crippen molar-refractivity contribution in [2.24, 2.45) is 27.2 Å². The first kappa shape index (κ1) is 10.8. The molecule has 8 heteroatoms. The summed E-state index contributed by atoms with van der Waals surface area (Å²) in [6, 6.07) is 0. The molecular weight excluding hydrogens is 220 g/mol. The van der Waals surface area contributed by atoms with Gasteiger partial charge in [0.1, 0.15) is 5.03 Å². The smallest absolute Gasteiger partial charge is 0.213 e. The van der Waals surface area contributed by atoms with E-state index in [1.165, 1.54) is 23.1 Å². The second-order valence-corrected chi connectivity index (χ2v) is 4.05. The van der Waals surface area contributed by atoms with Gasteiger partial charge < -0.3 is 17.2 Å². The van der Waals surface area contributed by atoms with Crippen LogP contribution >= 0.6 is 23.1 Å². The van der Waals surface area contributed by atoms with E-state index in [9.17, 15) is 0 Å². The lowest BCUT2D eigenvalue weighted by Gasteiger charge is -1.92. The van der Waals surface area contributed by atoms with E-state index in [-0.39, 0.29) is 5.96 Å². The zero-order valence-corrected chi connectivity index (χ0v) is 9.10. The van der Waals surface area contributed by atoms with Gasteiger partial charge in [0.25, 0.3) is 0 Å². The van der Waals surface area contributed by atoms with Crippen molar-refractivity contribution in [2.75, 3.05) is 7.05 Å². The van der Waals surface area contributed by atoms with Crippen LogP contribution in [0.5, 0.6) is 0 Å². The standard InChI is InChI=1S/C6H10N6S2/c1-10-5(9)14-3-2-13-6(11-3)12-4(7)8/h2H,1H3,(H2,9,10)(H4,7,8,11,12). The Balaban J connectivity index is 2.74. The number of hydrogen-bond acceptors (Lipinski definition) is 5. The SMILES string of the molecule is CN=C(N)Sc1csc(N=C(N)N)n1. The summed E-state index contributed by atoms with van der Waals surface area (Å²) in [4.78, 5) is 11.7. The van der Waals surface area contributed by atoms with E-state index in [4.69, 9.17) is 17.2 Å². The summed E-state index contributed by atoms with van der Waals surface area (Å²) in [7, 11) is 1.62. The zero-order chi connectivity index (χ0) is 10.6. The molecule has 1 aromatic rings. The van der Waals surface area contributed by atoms with E-state index in [0.717, 1.165) is 5.03 Å². The largest absolute Gasteiger partial charge is 0.378 e. The quantitative estimate of drug-likeness (QED) is 0.378. The van der Waals surface area contributed by atoms with Gasteiger partial charge in [0.2, 0.25) is 5.13 Å². The molecule has 0 saturated carbocycles. The third-order valence-electron chi connectivity index (χ3n) is 1.13. The monoisotopic (exact) mass is 230 g/mol. The van der Waals surface area contributed by atoms with E-state index in [1.54, 1.807) is 7.05 Å². The fraction of sp³-hybridized carbons (Fsp3) is 0.167. The van der Waals surface area contributed by atoms with Crippen LogP contribution in [0.4, 0.5) is 5.13 Å². The molecule has 0 amide bonds. The summed E-state index contributed by atoms with van der Waals surface area (Å²) in [5, 5.41) is 3.51. The van der Waals surface area contributed by atoms with Gasteiger partial charge in [-0.05, 0) is 11.8 Å². The van der Waals surface area contributed by atoms with Crippen molar-refractivity contribution in [3.63, 3.8) is 0 Å². The van der Waals surface area contributed by atoms with Crippen molar-refractivity contribution in [2.45, 2.75) is 5.03 Å². The maximum Gasteiger partial charge on any atom is 0.213 e. The van der Waals surface area contributed by atoms with Crippen molar-refractivity contribution in [1.82, 2.24) is 4.98 Å². The average Bonchev–Trinajstić information content (AvgIpc) is 2.51. The number of amidine groups is 1. The maximum atomic E-state index is 5.51. The highest BCUT2D eigenvalue weighted by Crippen LogP contribution is 2.25. The van der Waals surface area contributed by atoms with Gasteiger partial charge >= 0.3 is 0 Å². The second kappa shape index (κ2) is 4.82. The molecule has 0 spiro atoms. The fourth-order valence-electron chi connectivity index (χ4n) is 0.612. The molecule has 0 aromatic carbocycles. The van der Waals surface area contributed by atoms with Gasteiger partial charge in [-0.15, -0.1) is 11.3 Å². The highest BCUT2D eigenvalue weighted by atomic mass is 32.2. The molecule has 1 rings (SSSR count). The molecule has 0 aliphatic carbocycles. The molecular formula is C6H10N6S2. The van der Waals surface area contributed by atoms with Gasteiger partial charge in [-0.25, -0.2) is 4.98 Å². The molecule has 6 N–H and O–H groups in total. The number of aromatic nitrogens is 1. The second-order valence-electron chi connectivity index (χ2n) is 2.17. The summed E-state index contributed by atoms with van der Waals surface area (Å²) in [6.07, 6.45) is 0. The minimum atomic E-state index is -0.00645. The van der Waals surface area contributed by atoms with Gasteiger partial charge in [-0.3, -0.25) is 4.99 Å². The van der Waals surface area contributed by atoms with Gasteiger partial charge in [0.05, 0.1) is 0 Å². The number of hydrogen-bond donors (Lipinski definition) is 3. The van der Waals surface area contributed by atoms with Crippen molar-refractivity contribution < 1.29 is 0 Å². The molecule has 6 nitrogen and oxygen atoms in total. The number of guanidine groups is 1. The topological polar surface area (TPSA) is 116 Å². The van der Waals surface area contributed by atoms with Crippen LogP contribution in [0.15, 0.2) is 20.4 Å². The van der Waals surface area contributed by atoms with Gasteiger partial charge in [-0.2, -0.15) is 4.99 Å². The lowest BCUT2D eigenvalue weighted by atomic mass is 11.0. The van der Waals surface area contributed by atoms with Gasteiger partial charge in [0, 0.05) is 12.4 Å². The normalized spacial score (nSPS) is 11.4. The number of nitrogens with two attached hydrogens (primary N) is 3. The Hall–Kier alpha value is -1.28. The zero-order valence-electron chi connectivity index (χ0n) is 7.47. The Bertz CT molecular complexity index is 364. The summed E-state index contributed by atoms with van der Waals surface area (Å²) in [5.41, 5.74) is 15.9. The molecule has 1 aromatic heterocycles. The van der Waals surface area contributed by atoms with Crippen LogP contribution in [-0.2, 0) is 0 Å². The minimum absolute atomic E-state index is 0.00645. The van der Waals surface area contributed by atoms with Crippen molar-refractivity contribution in [3.8, 4) is 0 Å². The predicted octanol–water partition coefficient (Wildman–Crippen LogP) is 0.0846. The van der Waals surface area contributed by atoms with Crippen molar-refractivity contribution in [3.05, 3.63) is 5.38 Å². The van der Waals surface area contributed by atoms with Crippen LogP contribution < -0.4 is 17.2 Å². The molecule has 0 fully saturated rings. The Morgan fingerprint density at radius 1 is 1.50 bits per heavy atom. The maximum absolute atomic E-state index is 5.51. The van der Waals surface area contributed by atoms with E-state index >= 15 is 0 Å². The van der Waals surface area contributed by atoms with Crippen molar-refractivity contribution >= 4 is 39.4 Å². The molecule has 0 aliphatic rings. The highest BCUT2D eigenvalue weighted by Gasteiger charge is 2.03. The summed E-state index contributed by atoms with van der Waals surface area (Å²) >= 11 is 2.61. The van der Waals surface area contributed by atoms with Crippen LogP contribution in [0, 0.1) is 0 Å².